The van der Waals surface area contributed by atoms with E-state index in [9.17, 15) is 9.90 Å². The van der Waals surface area contributed by atoms with Gasteiger partial charge in [-0.1, -0.05) is 18.2 Å². The summed E-state index contributed by atoms with van der Waals surface area (Å²) in [6.45, 7) is 3.60. The maximum absolute atomic E-state index is 11.8. The lowest BCUT2D eigenvalue weighted by molar-refractivity contribution is 0.199. The van der Waals surface area contributed by atoms with Crippen molar-refractivity contribution in [2.45, 2.75) is 20.0 Å². The van der Waals surface area contributed by atoms with Crippen molar-refractivity contribution in [2.75, 3.05) is 10.6 Å². The minimum Gasteiger partial charge on any atom is -0.389 e. The Hall–Kier alpha value is -2.40. The van der Waals surface area contributed by atoms with E-state index in [1.54, 1.807) is 43.5 Å². The molecule has 0 aliphatic heterocycles. The van der Waals surface area contributed by atoms with Crippen LogP contribution in [0.5, 0.6) is 0 Å². The van der Waals surface area contributed by atoms with Gasteiger partial charge in [0.1, 0.15) is 5.82 Å². The number of benzene rings is 1. The highest BCUT2D eigenvalue weighted by molar-refractivity contribution is 5.99. The predicted molar refractivity (Wildman–Crippen MR) is 78.7 cm³/mol. The quantitative estimate of drug-likeness (QED) is 0.803. The molecule has 1 aromatic carbocycles. The van der Waals surface area contributed by atoms with E-state index in [2.05, 4.69) is 15.6 Å². The van der Waals surface area contributed by atoms with Crippen molar-refractivity contribution < 1.29 is 9.90 Å². The zero-order valence-corrected chi connectivity index (χ0v) is 11.4. The Morgan fingerprint density at radius 2 is 2.05 bits per heavy atom. The summed E-state index contributed by atoms with van der Waals surface area (Å²) < 4.78 is 0. The number of aromatic nitrogens is 1. The molecule has 0 aliphatic rings. The van der Waals surface area contributed by atoms with Gasteiger partial charge in [0.2, 0.25) is 0 Å². The molecule has 1 aromatic heterocycles. The van der Waals surface area contributed by atoms with Crippen molar-refractivity contribution >= 4 is 17.5 Å². The predicted octanol–water partition coefficient (Wildman–Crippen LogP) is 3.09. The number of hydrogen-bond acceptors (Lipinski definition) is 3. The Balaban J connectivity index is 2.01. The lowest BCUT2D eigenvalue weighted by atomic mass is 10.1. The molecule has 0 spiro atoms. The number of nitrogens with one attached hydrogen (secondary N) is 2. The van der Waals surface area contributed by atoms with Crippen LogP contribution in [0.3, 0.4) is 0 Å². The van der Waals surface area contributed by atoms with E-state index in [0.717, 1.165) is 11.1 Å². The van der Waals surface area contributed by atoms with Crippen LogP contribution in [0.15, 0.2) is 42.6 Å². The van der Waals surface area contributed by atoms with Gasteiger partial charge in [0, 0.05) is 11.9 Å². The Bertz CT molecular complexity index is 594. The molecule has 0 saturated carbocycles. The van der Waals surface area contributed by atoms with Gasteiger partial charge in [0.25, 0.3) is 0 Å². The topological polar surface area (TPSA) is 74.2 Å². The van der Waals surface area contributed by atoms with Crippen molar-refractivity contribution in [3.05, 3.63) is 53.7 Å². The second kappa shape index (κ2) is 6.16. The highest BCUT2D eigenvalue weighted by Gasteiger charge is 2.05. The van der Waals surface area contributed by atoms with Gasteiger partial charge in [-0.25, -0.2) is 9.78 Å². The van der Waals surface area contributed by atoms with Crippen LogP contribution in [0.25, 0.3) is 0 Å². The SMILES string of the molecule is Cc1ccc(NC(=O)Nc2cccc(C(C)O)c2)nc1. The Morgan fingerprint density at radius 3 is 2.70 bits per heavy atom. The number of urea groups is 1. The summed E-state index contributed by atoms with van der Waals surface area (Å²) in [7, 11) is 0. The van der Waals surface area contributed by atoms with Crippen LogP contribution in [0.2, 0.25) is 0 Å². The molecule has 5 nitrogen and oxygen atoms in total. The average Bonchev–Trinajstić information content (AvgIpc) is 2.41. The molecule has 0 bridgehead atoms. The largest absolute Gasteiger partial charge is 0.389 e. The van der Waals surface area contributed by atoms with Crippen LogP contribution in [0.1, 0.15) is 24.2 Å². The van der Waals surface area contributed by atoms with Crippen LogP contribution >= 0.6 is 0 Å². The van der Waals surface area contributed by atoms with Crippen molar-refractivity contribution in [1.82, 2.24) is 4.98 Å². The number of amides is 2. The molecule has 104 valence electrons. The third-order valence-electron chi connectivity index (χ3n) is 2.78. The molecular weight excluding hydrogens is 254 g/mol. The number of carbonyl (C=O) groups excluding carboxylic acids is 1. The number of aliphatic hydroxyl groups is 1. The molecule has 2 amide bonds. The maximum Gasteiger partial charge on any atom is 0.324 e. The van der Waals surface area contributed by atoms with Gasteiger partial charge < -0.3 is 10.4 Å². The van der Waals surface area contributed by atoms with E-state index in [-0.39, 0.29) is 6.03 Å². The van der Waals surface area contributed by atoms with Crippen LogP contribution in [0.4, 0.5) is 16.3 Å². The van der Waals surface area contributed by atoms with E-state index < -0.39 is 6.10 Å². The van der Waals surface area contributed by atoms with Gasteiger partial charge in [-0.3, -0.25) is 5.32 Å². The Morgan fingerprint density at radius 1 is 1.25 bits per heavy atom. The van der Waals surface area contributed by atoms with E-state index in [1.165, 1.54) is 0 Å². The molecule has 2 aromatic rings. The van der Waals surface area contributed by atoms with Gasteiger partial charge in [-0.15, -0.1) is 0 Å². The van der Waals surface area contributed by atoms with Crippen LogP contribution in [0, 0.1) is 6.92 Å². The van der Waals surface area contributed by atoms with Crippen molar-refractivity contribution in [3.8, 4) is 0 Å². The first-order chi connectivity index (χ1) is 9.54. The Kier molecular flexibility index (Phi) is 4.32. The van der Waals surface area contributed by atoms with Crippen LogP contribution in [-0.2, 0) is 0 Å². The standard InChI is InChI=1S/C15H17N3O2/c1-10-6-7-14(16-9-10)18-15(20)17-13-5-3-4-12(8-13)11(2)19/h3-9,11,19H,1-2H3,(H2,16,17,18,20). The number of hydrogen-bond donors (Lipinski definition) is 3. The number of rotatable bonds is 3. The van der Waals surface area contributed by atoms with Gasteiger partial charge in [0.15, 0.2) is 0 Å². The molecule has 1 unspecified atom stereocenters. The molecule has 1 heterocycles. The first-order valence-corrected chi connectivity index (χ1v) is 6.33. The molecule has 1 atom stereocenters. The van der Waals surface area contributed by atoms with Gasteiger partial charge in [-0.2, -0.15) is 0 Å². The number of nitrogens with zero attached hydrogens (tertiary/aromatic N) is 1. The highest BCUT2D eigenvalue weighted by Crippen LogP contribution is 2.17. The van der Waals surface area contributed by atoms with Crippen molar-refractivity contribution in [2.24, 2.45) is 0 Å². The summed E-state index contributed by atoms with van der Waals surface area (Å²) in [5, 5.41) is 14.8. The molecule has 0 fully saturated rings. The number of carbonyl (C=O) groups is 1. The maximum atomic E-state index is 11.8. The summed E-state index contributed by atoms with van der Waals surface area (Å²) in [5.41, 5.74) is 2.39. The molecule has 5 heteroatoms. The summed E-state index contributed by atoms with van der Waals surface area (Å²) >= 11 is 0. The lowest BCUT2D eigenvalue weighted by Gasteiger charge is -2.10. The van der Waals surface area contributed by atoms with Gasteiger partial charge in [0.05, 0.1) is 6.10 Å². The minimum atomic E-state index is -0.571. The monoisotopic (exact) mass is 271 g/mol. The summed E-state index contributed by atoms with van der Waals surface area (Å²) in [6, 6.07) is 10.3. The fraction of sp³-hybridized carbons (Fsp3) is 0.200. The van der Waals surface area contributed by atoms with Crippen LogP contribution in [-0.4, -0.2) is 16.1 Å². The fourth-order valence-electron chi connectivity index (χ4n) is 1.70. The number of aryl methyl sites for hydroxylation is 1. The first-order valence-electron chi connectivity index (χ1n) is 6.33. The van der Waals surface area contributed by atoms with Crippen molar-refractivity contribution in [1.29, 1.82) is 0 Å². The molecule has 20 heavy (non-hydrogen) atoms. The molecule has 3 N–H and O–H groups in total. The highest BCUT2D eigenvalue weighted by atomic mass is 16.3. The average molecular weight is 271 g/mol. The second-order valence-electron chi connectivity index (χ2n) is 4.60. The molecular formula is C15H17N3O2. The molecule has 0 saturated heterocycles. The summed E-state index contributed by atoms with van der Waals surface area (Å²) in [6.07, 6.45) is 1.11. The van der Waals surface area contributed by atoms with E-state index in [4.69, 9.17) is 0 Å². The van der Waals surface area contributed by atoms with E-state index in [0.29, 0.717) is 11.5 Å². The number of aliphatic hydroxyl groups excluding tert-OH is 1. The zero-order chi connectivity index (χ0) is 14.5. The minimum absolute atomic E-state index is 0.371. The lowest BCUT2D eigenvalue weighted by Crippen LogP contribution is -2.20. The van der Waals surface area contributed by atoms with E-state index >= 15 is 0 Å². The summed E-state index contributed by atoms with van der Waals surface area (Å²) in [4.78, 5) is 15.9. The third-order valence-corrected chi connectivity index (χ3v) is 2.78. The zero-order valence-electron chi connectivity index (χ0n) is 11.4. The van der Waals surface area contributed by atoms with Gasteiger partial charge >= 0.3 is 6.03 Å². The first kappa shape index (κ1) is 14.0. The van der Waals surface area contributed by atoms with Crippen LogP contribution < -0.4 is 10.6 Å². The van der Waals surface area contributed by atoms with Crippen molar-refractivity contribution in [3.63, 3.8) is 0 Å². The fourth-order valence-corrected chi connectivity index (χ4v) is 1.70. The second-order valence-corrected chi connectivity index (χ2v) is 4.60. The smallest absolute Gasteiger partial charge is 0.324 e. The van der Waals surface area contributed by atoms with E-state index in [1.807, 2.05) is 13.0 Å². The molecule has 0 radical (unpaired) electrons. The molecule has 2 rings (SSSR count). The third kappa shape index (κ3) is 3.80. The normalized spacial score (nSPS) is 11.8. The molecule has 0 aliphatic carbocycles. The van der Waals surface area contributed by atoms with Gasteiger partial charge in [-0.05, 0) is 43.2 Å². The number of anilines is 2. The Labute approximate surface area is 117 Å². The number of pyridine rings is 1. The summed E-state index contributed by atoms with van der Waals surface area (Å²) in [5.74, 6) is 0.486.